The molecule has 162 valence electrons. The van der Waals surface area contributed by atoms with Crippen molar-refractivity contribution in [3.8, 4) is 11.5 Å². The summed E-state index contributed by atoms with van der Waals surface area (Å²) >= 11 is 6.26. The van der Waals surface area contributed by atoms with Crippen LogP contribution < -0.4 is 19.7 Å². The van der Waals surface area contributed by atoms with Gasteiger partial charge in [-0.25, -0.2) is 4.90 Å². The monoisotopic (exact) mass is 448 g/mol. The lowest BCUT2D eigenvalue weighted by Crippen LogP contribution is -2.32. The third-order valence-electron chi connectivity index (χ3n) is 5.30. The van der Waals surface area contributed by atoms with E-state index in [-0.39, 0.29) is 11.3 Å². The molecular formula is C25H21ClN2O4. The van der Waals surface area contributed by atoms with Gasteiger partial charge < -0.3 is 14.8 Å². The van der Waals surface area contributed by atoms with Gasteiger partial charge in [-0.2, -0.15) is 0 Å². The molecule has 3 aromatic carbocycles. The van der Waals surface area contributed by atoms with E-state index in [9.17, 15) is 9.59 Å². The van der Waals surface area contributed by atoms with Crippen LogP contribution in [0.15, 0.2) is 72.4 Å². The maximum atomic E-state index is 13.6. The number of hydrogen-bond acceptors (Lipinski definition) is 5. The Bertz CT molecular complexity index is 1240. The molecule has 0 fully saturated rings. The van der Waals surface area contributed by atoms with Crippen molar-refractivity contribution >= 4 is 40.4 Å². The lowest BCUT2D eigenvalue weighted by atomic mass is 10.0. The van der Waals surface area contributed by atoms with Crippen LogP contribution in [0.2, 0.25) is 5.02 Å². The molecule has 0 aromatic heterocycles. The molecule has 1 N–H and O–H groups in total. The average Bonchev–Trinajstić information content (AvgIpc) is 3.06. The fourth-order valence-electron chi connectivity index (χ4n) is 3.58. The van der Waals surface area contributed by atoms with Crippen molar-refractivity contribution in [3.63, 3.8) is 0 Å². The van der Waals surface area contributed by atoms with Crippen molar-refractivity contribution < 1.29 is 19.1 Å². The highest BCUT2D eigenvalue weighted by Gasteiger charge is 2.41. The summed E-state index contributed by atoms with van der Waals surface area (Å²) in [7, 11) is 3.01. The van der Waals surface area contributed by atoms with Gasteiger partial charge in [-0.05, 0) is 42.3 Å². The maximum absolute atomic E-state index is 13.6. The SMILES string of the molecule is COc1ccc(N2C(=O)C(Nc3cccc(Cl)c3C)=C(c3ccccc3)C2=O)c(OC)c1. The molecule has 0 aliphatic carbocycles. The normalized spacial score (nSPS) is 13.6. The highest BCUT2D eigenvalue weighted by molar-refractivity contribution is 6.46. The zero-order valence-corrected chi connectivity index (χ0v) is 18.6. The molecule has 7 heteroatoms. The van der Waals surface area contributed by atoms with E-state index < -0.39 is 11.8 Å². The number of carbonyl (C=O) groups excluding carboxylic acids is 2. The van der Waals surface area contributed by atoms with E-state index in [1.54, 1.807) is 42.5 Å². The van der Waals surface area contributed by atoms with Crippen LogP contribution in [0.3, 0.4) is 0 Å². The third-order valence-corrected chi connectivity index (χ3v) is 5.71. The fourth-order valence-corrected chi connectivity index (χ4v) is 3.76. The van der Waals surface area contributed by atoms with E-state index in [4.69, 9.17) is 21.1 Å². The molecule has 1 aliphatic rings. The van der Waals surface area contributed by atoms with Crippen molar-refractivity contribution in [1.82, 2.24) is 0 Å². The molecule has 0 spiro atoms. The van der Waals surface area contributed by atoms with E-state index in [2.05, 4.69) is 5.32 Å². The van der Waals surface area contributed by atoms with E-state index in [1.807, 2.05) is 31.2 Å². The van der Waals surface area contributed by atoms with Gasteiger partial charge in [0.1, 0.15) is 17.2 Å². The summed E-state index contributed by atoms with van der Waals surface area (Å²) in [6.45, 7) is 1.85. The number of rotatable bonds is 6. The maximum Gasteiger partial charge on any atom is 0.282 e. The minimum Gasteiger partial charge on any atom is -0.497 e. The molecule has 2 amide bonds. The minimum absolute atomic E-state index is 0.171. The third kappa shape index (κ3) is 3.69. The van der Waals surface area contributed by atoms with Gasteiger partial charge in [0.25, 0.3) is 11.8 Å². The average molecular weight is 449 g/mol. The molecular weight excluding hydrogens is 428 g/mol. The fraction of sp³-hybridized carbons (Fsp3) is 0.120. The molecule has 0 radical (unpaired) electrons. The molecule has 0 saturated heterocycles. The van der Waals surface area contributed by atoms with Crippen LogP contribution in [-0.2, 0) is 9.59 Å². The number of amides is 2. The molecule has 0 bridgehead atoms. The van der Waals surface area contributed by atoms with Crippen molar-refractivity contribution in [3.05, 3.63) is 88.6 Å². The van der Waals surface area contributed by atoms with E-state index in [0.29, 0.717) is 33.5 Å². The first-order valence-electron chi connectivity index (χ1n) is 9.89. The molecule has 0 saturated carbocycles. The lowest BCUT2D eigenvalue weighted by molar-refractivity contribution is -0.120. The van der Waals surface area contributed by atoms with Crippen molar-refractivity contribution in [2.75, 3.05) is 24.4 Å². The number of anilines is 2. The number of nitrogens with zero attached hydrogens (tertiary/aromatic N) is 1. The quantitative estimate of drug-likeness (QED) is 0.534. The van der Waals surface area contributed by atoms with Crippen LogP contribution in [-0.4, -0.2) is 26.0 Å². The molecule has 0 atom stereocenters. The smallest absolute Gasteiger partial charge is 0.282 e. The van der Waals surface area contributed by atoms with Gasteiger partial charge in [0.2, 0.25) is 0 Å². The predicted octanol–water partition coefficient (Wildman–Crippen LogP) is 5.06. The van der Waals surface area contributed by atoms with Crippen LogP contribution in [0, 0.1) is 6.92 Å². The molecule has 6 nitrogen and oxygen atoms in total. The first kappa shape index (κ1) is 21.5. The number of imide groups is 1. The van der Waals surface area contributed by atoms with Crippen LogP contribution >= 0.6 is 11.6 Å². The summed E-state index contributed by atoms with van der Waals surface area (Å²) in [5.74, 6) is -0.0453. The van der Waals surface area contributed by atoms with Crippen LogP contribution in [0.4, 0.5) is 11.4 Å². The lowest BCUT2D eigenvalue weighted by Gasteiger charge is -2.19. The minimum atomic E-state index is -0.489. The number of methoxy groups -OCH3 is 2. The Morgan fingerprint density at radius 3 is 2.31 bits per heavy atom. The topological polar surface area (TPSA) is 67.9 Å². The molecule has 3 aromatic rings. The van der Waals surface area contributed by atoms with Crippen LogP contribution in [0.1, 0.15) is 11.1 Å². The van der Waals surface area contributed by atoms with E-state index >= 15 is 0 Å². The molecule has 32 heavy (non-hydrogen) atoms. The van der Waals surface area contributed by atoms with Gasteiger partial charge in [-0.1, -0.05) is 48.0 Å². The number of hydrogen-bond donors (Lipinski definition) is 1. The zero-order valence-electron chi connectivity index (χ0n) is 17.8. The molecule has 0 unspecified atom stereocenters. The Labute approximate surface area is 191 Å². The summed E-state index contributed by atoms with van der Waals surface area (Å²) in [6.07, 6.45) is 0. The largest absolute Gasteiger partial charge is 0.497 e. The zero-order chi connectivity index (χ0) is 22.8. The second-order valence-electron chi connectivity index (χ2n) is 7.14. The Hall–Kier alpha value is -3.77. The first-order chi connectivity index (χ1) is 15.5. The van der Waals surface area contributed by atoms with Gasteiger partial charge in [0, 0.05) is 16.8 Å². The summed E-state index contributed by atoms with van der Waals surface area (Å²) < 4.78 is 10.7. The number of nitrogens with one attached hydrogen (secondary N) is 1. The second-order valence-corrected chi connectivity index (χ2v) is 7.54. The van der Waals surface area contributed by atoms with Gasteiger partial charge in [0.15, 0.2) is 0 Å². The highest BCUT2D eigenvalue weighted by Crippen LogP contribution is 2.39. The summed E-state index contributed by atoms with van der Waals surface area (Å²) in [5.41, 5.74) is 2.82. The van der Waals surface area contributed by atoms with Gasteiger partial charge >= 0.3 is 0 Å². The van der Waals surface area contributed by atoms with Gasteiger partial charge in [0.05, 0.1) is 25.5 Å². The summed E-state index contributed by atoms with van der Waals surface area (Å²) in [5, 5.41) is 3.71. The predicted molar refractivity (Wildman–Crippen MR) is 125 cm³/mol. The highest BCUT2D eigenvalue weighted by atomic mass is 35.5. The van der Waals surface area contributed by atoms with Gasteiger partial charge in [-0.3, -0.25) is 9.59 Å². The van der Waals surface area contributed by atoms with Crippen molar-refractivity contribution in [2.24, 2.45) is 0 Å². The number of carbonyl (C=O) groups is 2. The first-order valence-corrected chi connectivity index (χ1v) is 10.3. The number of halogens is 1. The summed E-state index contributed by atoms with van der Waals surface area (Å²) in [4.78, 5) is 28.3. The van der Waals surface area contributed by atoms with Crippen LogP contribution in [0.25, 0.3) is 5.57 Å². The van der Waals surface area contributed by atoms with E-state index in [0.717, 1.165) is 10.5 Å². The van der Waals surface area contributed by atoms with Crippen molar-refractivity contribution in [1.29, 1.82) is 0 Å². The molecule has 1 heterocycles. The van der Waals surface area contributed by atoms with E-state index in [1.165, 1.54) is 14.2 Å². The Morgan fingerprint density at radius 2 is 1.62 bits per heavy atom. The molecule has 4 rings (SSSR count). The Morgan fingerprint density at radius 1 is 0.875 bits per heavy atom. The summed E-state index contributed by atoms with van der Waals surface area (Å²) in [6, 6.07) is 19.4. The number of ether oxygens (including phenoxy) is 2. The Kier molecular flexibility index (Phi) is 5.88. The Balaban J connectivity index is 1.85. The van der Waals surface area contributed by atoms with Gasteiger partial charge in [-0.15, -0.1) is 0 Å². The van der Waals surface area contributed by atoms with Crippen molar-refractivity contribution in [2.45, 2.75) is 6.92 Å². The second kappa shape index (κ2) is 8.77. The van der Waals surface area contributed by atoms with Crippen LogP contribution in [0.5, 0.6) is 11.5 Å². The standard InChI is InChI=1S/C25H21ClN2O4/c1-15-18(26)10-7-11-19(15)27-23-22(16-8-5-4-6-9-16)24(29)28(25(23)30)20-13-12-17(31-2)14-21(20)32-3/h4-14,27H,1-3H3. The molecule has 1 aliphatic heterocycles. The number of benzene rings is 3.